The van der Waals surface area contributed by atoms with Gasteiger partial charge < -0.3 is 20.5 Å². The third-order valence-electron chi connectivity index (χ3n) is 5.00. The van der Waals surface area contributed by atoms with Crippen LogP contribution >= 0.6 is 0 Å². The molecular formula is C21H24N4O. The molecule has 3 N–H and O–H groups in total. The van der Waals surface area contributed by atoms with Gasteiger partial charge in [-0.25, -0.2) is 0 Å². The van der Waals surface area contributed by atoms with Gasteiger partial charge in [0.05, 0.1) is 0 Å². The third kappa shape index (κ3) is 3.30. The summed E-state index contributed by atoms with van der Waals surface area (Å²) in [7, 11) is 0. The molecule has 1 amide bonds. The number of nitrogens with zero attached hydrogens (tertiary/aromatic N) is 1. The van der Waals surface area contributed by atoms with Crippen molar-refractivity contribution < 1.29 is 4.79 Å². The lowest BCUT2D eigenvalue weighted by Gasteiger charge is -2.31. The Morgan fingerprint density at radius 2 is 1.92 bits per heavy atom. The fourth-order valence-corrected chi connectivity index (χ4v) is 3.58. The Bertz CT molecular complexity index is 925. The van der Waals surface area contributed by atoms with Crippen LogP contribution in [-0.2, 0) is 6.54 Å². The zero-order chi connectivity index (χ0) is 17.9. The Morgan fingerprint density at radius 1 is 1.12 bits per heavy atom. The number of carbonyl (C=O) groups is 1. The highest BCUT2D eigenvalue weighted by molar-refractivity contribution is 5.98. The van der Waals surface area contributed by atoms with E-state index in [9.17, 15) is 4.79 Å². The average molecular weight is 348 g/mol. The number of para-hydroxylation sites is 2. The van der Waals surface area contributed by atoms with Crippen LogP contribution in [0.15, 0.2) is 48.5 Å². The van der Waals surface area contributed by atoms with E-state index in [2.05, 4.69) is 38.7 Å². The summed E-state index contributed by atoms with van der Waals surface area (Å²) in [5, 5.41) is 7.51. The summed E-state index contributed by atoms with van der Waals surface area (Å²) in [5.74, 6) is -0.0734. The van der Waals surface area contributed by atoms with Gasteiger partial charge in [0.25, 0.3) is 5.91 Å². The number of fused-ring (bicyclic) bond motifs is 1. The number of rotatable bonds is 4. The van der Waals surface area contributed by atoms with E-state index in [1.807, 2.05) is 37.3 Å². The van der Waals surface area contributed by atoms with Crippen LogP contribution in [0.25, 0.3) is 10.9 Å². The van der Waals surface area contributed by atoms with Crippen LogP contribution in [0.4, 0.5) is 5.69 Å². The van der Waals surface area contributed by atoms with Crippen LogP contribution in [0, 0.1) is 6.92 Å². The van der Waals surface area contributed by atoms with Crippen LogP contribution in [0.3, 0.4) is 0 Å². The number of carbonyl (C=O) groups excluding carboxylic acids is 1. The lowest BCUT2D eigenvalue weighted by molar-refractivity contribution is 0.0947. The zero-order valence-corrected chi connectivity index (χ0v) is 15.0. The molecule has 1 aliphatic heterocycles. The van der Waals surface area contributed by atoms with Crippen LogP contribution in [0.2, 0.25) is 0 Å². The highest BCUT2D eigenvalue weighted by Gasteiger charge is 2.15. The van der Waals surface area contributed by atoms with Crippen molar-refractivity contribution in [2.24, 2.45) is 0 Å². The van der Waals surface area contributed by atoms with Gasteiger partial charge in [0.1, 0.15) is 5.69 Å². The molecule has 0 spiro atoms. The Kier molecular flexibility index (Phi) is 4.63. The second-order valence-corrected chi connectivity index (χ2v) is 6.77. The molecule has 5 heteroatoms. The van der Waals surface area contributed by atoms with Crippen molar-refractivity contribution in [1.29, 1.82) is 0 Å². The molecule has 0 saturated carbocycles. The molecular weight excluding hydrogens is 324 g/mol. The molecule has 3 aromatic rings. The minimum absolute atomic E-state index is 0.0734. The van der Waals surface area contributed by atoms with Gasteiger partial charge in [-0.05, 0) is 30.2 Å². The molecule has 0 radical (unpaired) electrons. The molecule has 2 heterocycles. The van der Waals surface area contributed by atoms with Gasteiger partial charge in [-0.15, -0.1) is 0 Å². The molecule has 134 valence electrons. The summed E-state index contributed by atoms with van der Waals surface area (Å²) >= 11 is 0. The Balaban J connectivity index is 1.50. The lowest BCUT2D eigenvalue weighted by atomic mass is 10.1. The van der Waals surface area contributed by atoms with Gasteiger partial charge in [0.2, 0.25) is 0 Å². The van der Waals surface area contributed by atoms with E-state index in [0.29, 0.717) is 12.2 Å². The minimum Gasteiger partial charge on any atom is -0.369 e. The number of hydrogen-bond acceptors (Lipinski definition) is 3. The minimum atomic E-state index is -0.0734. The van der Waals surface area contributed by atoms with Crippen LogP contribution in [-0.4, -0.2) is 37.1 Å². The highest BCUT2D eigenvalue weighted by Crippen LogP contribution is 2.22. The Morgan fingerprint density at radius 3 is 2.73 bits per heavy atom. The number of benzene rings is 2. The van der Waals surface area contributed by atoms with Gasteiger partial charge in [-0.3, -0.25) is 4.79 Å². The number of nitrogens with one attached hydrogen (secondary N) is 3. The molecule has 0 atom stereocenters. The van der Waals surface area contributed by atoms with Crippen molar-refractivity contribution in [2.45, 2.75) is 13.5 Å². The summed E-state index contributed by atoms with van der Waals surface area (Å²) < 4.78 is 0. The second-order valence-electron chi connectivity index (χ2n) is 6.77. The van der Waals surface area contributed by atoms with E-state index in [1.54, 1.807) is 0 Å². The quantitative estimate of drug-likeness (QED) is 0.679. The van der Waals surface area contributed by atoms with E-state index in [0.717, 1.165) is 48.2 Å². The molecule has 1 aliphatic rings. The van der Waals surface area contributed by atoms with Gasteiger partial charge >= 0.3 is 0 Å². The van der Waals surface area contributed by atoms with Crippen molar-refractivity contribution >= 4 is 22.5 Å². The maximum atomic E-state index is 12.6. The predicted octanol–water partition coefficient (Wildman–Crippen LogP) is 2.82. The normalized spacial score (nSPS) is 14.6. The van der Waals surface area contributed by atoms with E-state index in [-0.39, 0.29) is 5.91 Å². The summed E-state index contributed by atoms with van der Waals surface area (Å²) in [6.07, 6.45) is 0. The molecule has 0 aliphatic carbocycles. The number of anilines is 1. The molecule has 5 nitrogen and oxygen atoms in total. The topological polar surface area (TPSA) is 60.2 Å². The first kappa shape index (κ1) is 16.7. The first-order valence-corrected chi connectivity index (χ1v) is 9.12. The van der Waals surface area contributed by atoms with E-state index in [1.165, 1.54) is 5.69 Å². The molecule has 1 aromatic heterocycles. The summed E-state index contributed by atoms with van der Waals surface area (Å²) in [4.78, 5) is 18.2. The Labute approximate surface area is 153 Å². The molecule has 0 bridgehead atoms. The van der Waals surface area contributed by atoms with Gasteiger partial charge in [-0.2, -0.15) is 0 Å². The maximum absolute atomic E-state index is 12.6. The summed E-state index contributed by atoms with van der Waals surface area (Å²) in [6, 6.07) is 16.3. The van der Waals surface area contributed by atoms with E-state index < -0.39 is 0 Å². The lowest BCUT2D eigenvalue weighted by Crippen LogP contribution is -2.44. The van der Waals surface area contributed by atoms with Crippen LogP contribution in [0.1, 0.15) is 21.6 Å². The monoisotopic (exact) mass is 348 g/mol. The molecule has 1 fully saturated rings. The number of H-pyrrole nitrogens is 1. The van der Waals surface area contributed by atoms with Crippen molar-refractivity contribution in [3.05, 3.63) is 65.4 Å². The fraction of sp³-hybridized carbons (Fsp3) is 0.286. The maximum Gasteiger partial charge on any atom is 0.267 e. The molecule has 1 saturated heterocycles. The third-order valence-corrected chi connectivity index (χ3v) is 5.00. The molecule has 26 heavy (non-hydrogen) atoms. The number of piperazine rings is 1. The van der Waals surface area contributed by atoms with Crippen LogP contribution < -0.4 is 15.5 Å². The van der Waals surface area contributed by atoms with Crippen molar-refractivity contribution in [3.63, 3.8) is 0 Å². The first-order chi connectivity index (χ1) is 12.7. The van der Waals surface area contributed by atoms with Crippen molar-refractivity contribution in [3.8, 4) is 0 Å². The van der Waals surface area contributed by atoms with E-state index in [4.69, 9.17) is 0 Å². The molecule has 0 unspecified atom stereocenters. The SMILES string of the molecule is Cc1cccc2cc(C(=O)NCc3ccccc3N3CCNCC3)[nH]c12. The fourth-order valence-electron chi connectivity index (χ4n) is 3.58. The summed E-state index contributed by atoms with van der Waals surface area (Å²) in [6.45, 7) is 6.54. The van der Waals surface area contributed by atoms with Crippen molar-refractivity contribution in [1.82, 2.24) is 15.6 Å². The first-order valence-electron chi connectivity index (χ1n) is 9.12. The van der Waals surface area contributed by atoms with Crippen molar-refractivity contribution in [2.75, 3.05) is 31.1 Å². The van der Waals surface area contributed by atoms with E-state index >= 15 is 0 Å². The standard InChI is InChI=1S/C21H24N4O/c1-15-5-4-7-16-13-18(24-20(15)16)21(26)23-14-17-6-2-3-8-19(17)25-11-9-22-10-12-25/h2-8,13,22,24H,9-12,14H2,1H3,(H,23,26). The average Bonchev–Trinajstić information content (AvgIpc) is 3.13. The predicted molar refractivity (Wildman–Crippen MR) is 106 cm³/mol. The zero-order valence-electron chi connectivity index (χ0n) is 15.0. The number of amides is 1. The number of hydrogen-bond donors (Lipinski definition) is 3. The van der Waals surface area contributed by atoms with Gasteiger partial charge in [0, 0.05) is 49.3 Å². The van der Waals surface area contributed by atoms with Gasteiger partial charge in [-0.1, -0.05) is 36.4 Å². The largest absolute Gasteiger partial charge is 0.369 e. The molecule has 4 rings (SSSR count). The second kappa shape index (κ2) is 7.22. The molecule has 2 aromatic carbocycles. The highest BCUT2D eigenvalue weighted by atomic mass is 16.1. The van der Waals surface area contributed by atoms with Crippen LogP contribution in [0.5, 0.6) is 0 Å². The number of aryl methyl sites for hydroxylation is 1. The van der Waals surface area contributed by atoms with Gasteiger partial charge in [0.15, 0.2) is 0 Å². The number of aromatic nitrogens is 1. The smallest absolute Gasteiger partial charge is 0.267 e. The summed E-state index contributed by atoms with van der Waals surface area (Å²) in [5.41, 5.74) is 5.13. The Hall–Kier alpha value is -2.79. The number of aromatic amines is 1.